The van der Waals surface area contributed by atoms with E-state index in [9.17, 15) is 24.6 Å². The molecule has 160 valence electrons. The molecule has 1 aliphatic rings. The van der Waals surface area contributed by atoms with E-state index in [-0.39, 0.29) is 43.0 Å². The van der Waals surface area contributed by atoms with E-state index in [1.54, 1.807) is 6.92 Å². The first kappa shape index (κ1) is 21.2. The Hall–Kier alpha value is -2.50. The van der Waals surface area contributed by atoms with Crippen LogP contribution in [0.5, 0.6) is 0 Å². The molecule has 3 heterocycles. The van der Waals surface area contributed by atoms with Gasteiger partial charge >= 0.3 is 5.69 Å². The molecule has 1 amide bonds. The molecule has 0 aliphatic carbocycles. The smallest absolute Gasteiger partial charge is 0.332 e. The van der Waals surface area contributed by atoms with Crippen LogP contribution in [0.3, 0.4) is 0 Å². The number of aliphatic hydroxyl groups excluding tert-OH is 1. The molecule has 2 aromatic heterocycles. The van der Waals surface area contributed by atoms with Crippen molar-refractivity contribution in [1.29, 1.82) is 0 Å². The van der Waals surface area contributed by atoms with E-state index in [0.717, 1.165) is 4.57 Å². The number of aryl methyl sites for hydroxylation is 1. The van der Waals surface area contributed by atoms with Crippen molar-refractivity contribution < 1.29 is 15.0 Å². The lowest BCUT2D eigenvalue weighted by atomic mass is 9.91. The number of fused-ring (bicyclic) bond motifs is 1. The second kappa shape index (κ2) is 7.73. The summed E-state index contributed by atoms with van der Waals surface area (Å²) in [5.74, 6) is -0.179. The summed E-state index contributed by atoms with van der Waals surface area (Å²) < 4.78 is 3.75. The van der Waals surface area contributed by atoms with Crippen LogP contribution in [-0.4, -0.2) is 71.0 Å². The fourth-order valence-electron chi connectivity index (χ4n) is 4.02. The Morgan fingerprint density at radius 2 is 2.00 bits per heavy atom. The lowest BCUT2D eigenvalue weighted by Gasteiger charge is -2.34. The monoisotopic (exact) mass is 408 g/mol. The SMILES string of the molecule is Cn1c(=O)c2c(ncn2[C@H]2CN(C(=O)CCCN)C[C@H](O)C[C@]2(C)O)n(C)c1=O. The predicted molar refractivity (Wildman–Crippen MR) is 105 cm³/mol. The van der Waals surface area contributed by atoms with Gasteiger partial charge in [-0.3, -0.25) is 18.7 Å². The maximum atomic E-state index is 12.8. The third-order valence-electron chi connectivity index (χ3n) is 5.65. The molecule has 1 fully saturated rings. The first-order chi connectivity index (χ1) is 13.6. The van der Waals surface area contributed by atoms with Crippen LogP contribution in [0.2, 0.25) is 0 Å². The van der Waals surface area contributed by atoms with Crippen LogP contribution < -0.4 is 17.0 Å². The van der Waals surface area contributed by atoms with Gasteiger partial charge in [0, 0.05) is 40.0 Å². The van der Waals surface area contributed by atoms with Crippen molar-refractivity contribution in [1.82, 2.24) is 23.6 Å². The maximum absolute atomic E-state index is 12.8. The zero-order valence-corrected chi connectivity index (χ0v) is 16.9. The third-order valence-corrected chi connectivity index (χ3v) is 5.65. The Morgan fingerprint density at radius 3 is 2.66 bits per heavy atom. The number of likely N-dealkylation sites (tertiary alicyclic amines) is 1. The van der Waals surface area contributed by atoms with Crippen LogP contribution in [0.4, 0.5) is 0 Å². The summed E-state index contributed by atoms with van der Waals surface area (Å²) in [6.07, 6.45) is 1.25. The fourth-order valence-corrected chi connectivity index (χ4v) is 4.02. The minimum absolute atomic E-state index is 0.0179. The van der Waals surface area contributed by atoms with E-state index < -0.39 is 29.0 Å². The van der Waals surface area contributed by atoms with Crippen molar-refractivity contribution >= 4 is 17.1 Å². The largest absolute Gasteiger partial charge is 0.391 e. The van der Waals surface area contributed by atoms with Gasteiger partial charge in [0.25, 0.3) is 5.56 Å². The highest BCUT2D eigenvalue weighted by molar-refractivity contribution is 5.76. The lowest BCUT2D eigenvalue weighted by Crippen LogP contribution is -2.44. The topological polar surface area (TPSA) is 149 Å². The van der Waals surface area contributed by atoms with Gasteiger partial charge in [0.2, 0.25) is 5.91 Å². The van der Waals surface area contributed by atoms with Crippen LogP contribution >= 0.6 is 0 Å². The third kappa shape index (κ3) is 3.72. The van der Waals surface area contributed by atoms with Crippen molar-refractivity contribution in [3.63, 3.8) is 0 Å². The number of aromatic nitrogens is 4. The summed E-state index contributed by atoms with van der Waals surface area (Å²) in [6, 6.07) is -0.739. The number of hydrogen-bond donors (Lipinski definition) is 3. The summed E-state index contributed by atoms with van der Waals surface area (Å²) in [6.45, 7) is 2.11. The highest BCUT2D eigenvalue weighted by Crippen LogP contribution is 2.33. The number of aliphatic hydroxyl groups is 2. The number of rotatable bonds is 4. The quantitative estimate of drug-likeness (QED) is 0.533. The van der Waals surface area contributed by atoms with E-state index in [2.05, 4.69) is 4.98 Å². The minimum atomic E-state index is -1.42. The zero-order chi connectivity index (χ0) is 21.5. The van der Waals surface area contributed by atoms with E-state index in [0.29, 0.717) is 13.0 Å². The van der Waals surface area contributed by atoms with Crippen molar-refractivity contribution in [2.45, 2.75) is 43.9 Å². The normalized spacial score (nSPS) is 25.4. The lowest BCUT2D eigenvalue weighted by molar-refractivity contribution is -0.132. The molecular weight excluding hydrogens is 380 g/mol. The maximum Gasteiger partial charge on any atom is 0.332 e. The fraction of sp³-hybridized carbons (Fsp3) is 0.667. The number of nitrogens with zero attached hydrogens (tertiary/aromatic N) is 5. The van der Waals surface area contributed by atoms with E-state index in [1.807, 2.05) is 0 Å². The molecule has 0 saturated carbocycles. The summed E-state index contributed by atoms with van der Waals surface area (Å²) in [4.78, 5) is 43.3. The molecule has 3 rings (SSSR count). The number of hydrogen-bond acceptors (Lipinski definition) is 7. The Kier molecular flexibility index (Phi) is 5.65. The van der Waals surface area contributed by atoms with Gasteiger partial charge in [-0.15, -0.1) is 0 Å². The summed E-state index contributed by atoms with van der Waals surface area (Å²) in [5.41, 5.74) is 3.38. The average Bonchev–Trinajstić information content (AvgIpc) is 3.04. The van der Waals surface area contributed by atoms with Crippen molar-refractivity contribution in [3.8, 4) is 0 Å². The second-order valence-electron chi connectivity index (χ2n) is 7.95. The standard InChI is InChI=1S/C18H28N6O5/c1-18(29)7-11(25)8-23(13(26)5-4-6-19)9-12(18)24-10-20-15-14(24)16(27)22(3)17(28)21(15)2/h10-12,25,29H,4-9,19H2,1-3H3/t11-,12+,18+/m1/s1. The van der Waals surface area contributed by atoms with Gasteiger partial charge in [-0.2, -0.15) is 0 Å². The van der Waals surface area contributed by atoms with Gasteiger partial charge in [-0.05, 0) is 19.9 Å². The minimum Gasteiger partial charge on any atom is -0.391 e. The molecule has 1 saturated heterocycles. The van der Waals surface area contributed by atoms with Gasteiger partial charge in [0.1, 0.15) is 0 Å². The summed E-state index contributed by atoms with van der Waals surface area (Å²) >= 11 is 0. The molecule has 0 aromatic carbocycles. The Balaban J connectivity index is 2.13. The first-order valence-electron chi connectivity index (χ1n) is 9.59. The van der Waals surface area contributed by atoms with Gasteiger partial charge < -0.3 is 25.4 Å². The van der Waals surface area contributed by atoms with E-state index in [4.69, 9.17) is 5.73 Å². The molecule has 4 N–H and O–H groups in total. The van der Waals surface area contributed by atoms with E-state index >= 15 is 0 Å². The van der Waals surface area contributed by atoms with Crippen molar-refractivity contribution in [2.24, 2.45) is 19.8 Å². The van der Waals surface area contributed by atoms with Crippen LogP contribution in [-0.2, 0) is 18.9 Å². The molecule has 1 aliphatic heterocycles. The molecule has 3 atom stereocenters. The van der Waals surface area contributed by atoms with E-state index in [1.165, 1.54) is 34.5 Å². The number of amides is 1. The number of imidazole rings is 1. The molecule has 0 radical (unpaired) electrons. The van der Waals surface area contributed by atoms with Gasteiger partial charge in [-0.25, -0.2) is 9.78 Å². The van der Waals surface area contributed by atoms with Crippen molar-refractivity contribution in [2.75, 3.05) is 19.6 Å². The highest BCUT2D eigenvalue weighted by atomic mass is 16.3. The van der Waals surface area contributed by atoms with Crippen LogP contribution in [0.1, 0.15) is 32.2 Å². The van der Waals surface area contributed by atoms with Crippen LogP contribution in [0.15, 0.2) is 15.9 Å². The van der Waals surface area contributed by atoms with Crippen LogP contribution in [0.25, 0.3) is 11.2 Å². The Labute approximate surface area is 167 Å². The number of nitrogens with two attached hydrogens (primary N) is 1. The molecular formula is C18H28N6O5. The predicted octanol–water partition coefficient (Wildman–Crippen LogP) is -1.94. The highest BCUT2D eigenvalue weighted by Gasteiger charge is 2.42. The van der Waals surface area contributed by atoms with Gasteiger partial charge in [0.15, 0.2) is 11.2 Å². The summed E-state index contributed by atoms with van der Waals surface area (Å²) in [7, 11) is 2.89. The molecule has 11 heteroatoms. The summed E-state index contributed by atoms with van der Waals surface area (Å²) in [5, 5.41) is 21.5. The first-order valence-corrected chi connectivity index (χ1v) is 9.59. The van der Waals surface area contributed by atoms with Crippen LogP contribution in [0, 0.1) is 0 Å². The Bertz CT molecular complexity index is 1040. The molecule has 0 bridgehead atoms. The number of carbonyl (C=O) groups excluding carboxylic acids is 1. The van der Waals surface area contributed by atoms with Gasteiger partial charge in [0.05, 0.1) is 24.1 Å². The Morgan fingerprint density at radius 1 is 1.31 bits per heavy atom. The molecule has 29 heavy (non-hydrogen) atoms. The molecule has 0 unspecified atom stereocenters. The average molecular weight is 408 g/mol. The van der Waals surface area contributed by atoms with Gasteiger partial charge in [-0.1, -0.05) is 0 Å². The number of β-amino-alcohol motifs (C(OH)–C–C–N with tert-alkyl or cyclic N) is 1. The van der Waals surface area contributed by atoms with Crippen molar-refractivity contribution in [3.05, 3.63) is 27.2 Å². The molecule has 2 aromatic rings. The molecule has 11 nitrogen and oxygen atoms in total. The molecule has 0 spiro atoms. The zero-order valence-electron chi connectivity index (χ0n) is 16.9. The number of carbonyl (C=O) groups is 1. The second-order valence-corrected chi connectivity index (χ2v) is 7.95.